The molecule has 1 aromatic heterocycles. The van der Waals surface area contributed by atoms with Crippen molar-refractivity contribution in [3.63, 3.8) is 0 Å². The minimum absolute atomic E-state index is 0.108. The molecule has 0 bridgehead atoms. The fraction of sp³-hybridized carbons (Fsp3) is 0.500. The number of hydrogen-bond donors (Lipinski definition) is 2. The summed E-state index contributed by atoms with van der Waals surface area (Å²) in [5.74, 6) is 0.937. The van der Waals surface area contributed by atoms with E-state index in [0.717, 1.165) is 12.8 Å². The lowest BCUT2D eigenvalue weighted by molar-refractivity contribution is 0.306. The summed E-state index contributed by atoms with van der Waals surface area (Å²) in [6, 6.07) is 1.62. The van der Waals surface area contributed by atoms with Gasteiger partial charge >= 0.3 is 0 Å². The van der Waals surface area contributed by atoms with Crippen LogP contribution in [0.5, 0.6) is 0 Å². The average molecular weight is 246 g/mol. The Kier molecular flexibility index (Phi) is 2.69. The van der Waals surface area contributed by atoms with E-state index < -0.39 is 0 Å². The number of nitrogen functional groups attached to an aromatic ring is 1. The van der Waals surface area contributed by atoms with Crippen molar-refractivity contribution in [2.75, 3.05) is 11.1 Å². The Labute approximate surface area is 99.0 Å². The minimum atomic E-state index is 0.108. The third-order valence-electron chi connectivity index (χ3n) is 2.83. The topological polar surface area (TPSA) is 50.9 Å². The Balaban J connectivity index is 2.24. The second kappa shape index (κ2) is 3.72. The Bertz CT molecular complexity index is 388. The molecule has 1 aliphatic carbocycles. The number of aromatic nitrogens is 1. The maximum absolute atomic E-state index is 6.02. The first kappa shape index (κ1) is 10.8. The van der Waals surface area contributed by atoms with Crippen molar-refractivity contribution in [1.82, 2.24) is 4.98 Å². The predicted molar refractivity (Wildman–Crippen MR) is 64.5 cm³/mol. The maximum Gasteiger partial charge on any atom is 0.147 e. The zero-order valence-electron chi connectivity index (χ0n) is 8.48. The van der Waals surface area contributed by atoms with Crippen LogP contribution in [-0.2, 0) is 0 Å². The van der Waals surface area contributed by atoms with Crippen LogP contribution in [0.1, 0.15) is 26.2 Å². The van der Waals surface area contributed by atoms with Crippen LogP contribution in [0, 0.1) is 0 Å². The van der Waals surface area contributed by atoms with Crippen molar-refractivity contribution in [1.29, 1.82) is 0 Å². The van der Waals surface area contributed by atoms with Gasteiger partial charge in [0.15, 0.2) is 0 Å². The largest absolute Gasteiger partial charge is 0.382 e. The molecule has 1 aliphatic rings. The quantitative estimate of drug-likeness (QED) is 0.841. The van der Waals surface area contributed by atoms with Gasteiger partial charge in [-0.05, 0) is 32.3 Å². The maximum atomic E-state index is 6.02. The van der Waals surface area contributed by atoms with E-state index >= 15 is 0 Å². The highest BCUT2D eigenvalue weighted by Crippen LogP contribution is 2.37. The number of nitrogens with one attached hydrogen (secondary N) is 1. The number of pyridine rings is 1. The van der Waals surface area contributed by atoms with Crippen LogP contribution in [0.25, 0.3) is 0 Å². The summed E-state index contributed by atoms with van der Waals surface area (Å²) in [7, 11) is 0. The molecule has 5 heteroatoms. The van der Waals surface area contributed by atoms with Crippen LogP contribution in [-0.4, -0.2) is 10.5 Å². The summed E-state index contributed by atoms with van der Waals surface area (Å²) in [6.45, 7) is 2.15. The first-order valence-electron chi connectivity index (χ1n) is 4.90. The lowest BCUT2D eigenvalue weighted by atomic mass is 9.78. The van der Waals surface area contributed by atoms with Crippen molar-refractivity contribution >= 4 is 34.8 Å². The first-order chi connectivity index (χ1) is 7.00. The number of hydrogen-bond acceptors (Lipinski definition) is 3. The molecule has 2 rings (SSSR count). The molecule has 3 N–H and O–H groups in total. The van der Waals surface area contributed by atoms with E-state index in [1.807, 2.05) is 0 Å². The highest BCUT2D eigenvalue weighted by molar-refractivity contribution is 6.37. The van der Waals surface area contributed by atoms with Crippen LogP contribution in [0.2, 0.25) is 10.0 Å². The van der Waals surface area contributed by atoms with Gasteiger partial charge in [-0.25, -0.2) is 4.98 Å². The first-order valence-corrected chi connectivity index (χ1v) is 5.65. The second-order valence-corrected chi connectivity index (χ2v) is 5.04. The number of nitrogens with zero attached hydrogens (tertiary/aromatic N) is 1. The monoisotopic (exact) mass is 245 g/mol. The molecule has 1 fully saturated rings. The molecule has 0 atom stereocenters. The Morgan fingerprint density at radius 2 is 2.07 bits per heavy atom. The van der Waals surface area contributed by atoms with Gasteiger partial charge in [0.2, 0.25) is 0 Å². The zero-order chi connectivity index (χ0) is 11.1. The fourth-order valence-electron chi connectivity index (χ4n) is 1.69. The molecule has 1 aromatic rings. The molecular formula is C10H13Cl2N3. The number of halogens is 2. The number of rotatable bonds is 2. The van der Waals surface area contributed by atoms with Crippen LogP contribution in [0.4, 0.5) is 11.6 Å². The minimum Gasteiger partial charge on any atom is -0.382 e. The van der Waals surface area contributed by atoms with Gasteiger partial charge in [-0.1, -0.05) is 23.2 Å². The lowest BCUT2D eigenvalue weighted by Crippen LogP contribution is -2.42. The van der Waals surface area contributed by atoms with Crippen molar-refractivity contribution in [2.24, 2.45) is 0 Å². The molecule has 0 unspecified atom stereocenters. The molecule has 0 spiro atoms. The van der Waals surface area contributed by atoms with E-state index in [9.17, 15) is 0 Å². The van der Waals surface area contributed by atoms with Gasteiger partial charge in [-0.15, -0.1) is 0 Å². The Hall–Kier alpha value is -0.670. The van der Waals surface area contributed by atoms with Gasteiger partial charge < -0.3 is 11.1 Å². The smallest absolute Gasteiger partial charge is 0.147 e. The molecule has 1 heterocycles. The van der Waals surface area contributed by atoms with Gasteiger partial charge in [-0.2, -0.15) is 0 Å². The fourth-order valence-corrected chi connectivity index (χ4v) is 2.09. The molecule has 1 saturated carbocycles. The Morgan fingerprint density at radius 1 is 1.40 bits per heavy atom. The van der Waals surface area contributed by atoms with Gasteiger partial charge in [0, 0.05) is 5.54 Å². The van der Waals surface area contributed by atoms with Crippen molar-refractivity contribution in [3.8, 4) is 0 Å². The molecule has 0 aliphatic heterocycles. The van der Waals surface area contributed by atoms with Crippen molar-refractivity contribution in [2.45, 2.75) is 31.7 Å². The van der Waals surface area contributed by atoms with Crippen LogP contribution < -0.4 is 11.1 Å². The van der Waals surface area contributed by atoms with Crippen molar-refractivity contribution in [3.05, 3.63) is 16.1 Å². The molecule has 0 saturated heterocycles. The Morgan fingerprint density at radius 3 is 2.60 bits per heavy atom. The number of anilines is 2. The van der Waals surface area contributed by atoms with Crippen LogP contribution >= 0.6 is 23.2 Å². The van der Waals surface area contributed by atoms with Gasteiger partial charge in [0.05, 0.1) is 10.0 Å². The van der Waals surface area contributed by atoms with E-state index in [0.29, 0.717) is 21.7 Å². The summed E-state index contributed by atoms with van der Waals surface area (Å²) in [5, 5.41) is 4.22. The van der Waals surface area contributed by atoms with E-state index in [1.165, 1.54) is 6.42 Å². The molecule has 0 aromatic carbocycles. The zero-order valence-corrected chi connectivity index (χ0v) is 9.99. The molecular weight excluding hydrogens is 233 g/mol. The highest BCUT2D eigenvalue weighted by Gasteiger charge is 2.32. The normalized spacial score (nSPS) is 18.3. The van der Waals surface area contributed by atoms with Crippen LogP contribution in [0.15, 0.2) is 6.07 Å². The highest BCUT2D eigenvalue weighted by atomic mass is 35.5. The van der Waals surface area contributed by atoms with Gasteiger partial charge in [-0.3, -0.25) is 0 Å². The molecule has 15 heavy (non-hydrogen) atoms. The molecule has 0 radical (unpaired) electrons. The second-order valence-electron chi connectivity index (χ2n) is 4.23. The summed E-state index contributed by atoms with van der Waals surface area (Å²) < 4.78 is 0. The third-order valence-corrected chi connectivity index (χ3v) is 3.42. The van der Waals surface area contributed by atoms with E-state index in [1.54, 1.807) is 6.07 Å². The molecule has 0 amide bonds. The van der Waals surface area contributed by atoms with E-state index in [2.05, 4.69) is 17.2 Å². The van der Waals surface area contributed by atoms with Gasteiger partial charge in [0.1, 0.15) is 11.6 Å². The van der Waals surface area contributed by atoms with Gasteiger partial charge in [0.25, 0.3) is 0 Å². The van der Waals surface area contributed by atoms with E-state index in [4.69, 9.17) is 28.9 Å². The summed E-state index contributed by atoms with van der Waals surface area (Å²) in [6.07, 6.45) is 3.51. The predicted octanol–water partition coefficient (Wildman–Crippen LogP) is 3.33. The average Bonchev–Trinajstić information content (AvgIpc) is 2.11. The molecule has 3 nitrogen and oxygen atoms in total. The van der Waals surface area contributed by atoms with Crippen LogP contribution in [0.3, 0.4) is 0 Å². The summed E-state index contributed by atoms with van der Waals surface area (Å²) in [5.41, 5.74) is 5.73. The summed E-state index contributed by atoms with van der Waals surface area (Å²) >= 11 is 11.8. The molecule has 82 valence electrons. The number of nitrogens with two attached hydrogens (primary N) is 1. The van der Waals surface area contributed by atoms with E-state index in [-0.39, 0.29) is 5.54 Å². The summed E-state index contributed by atoms with van der Waals surface area (Å²) in [4.78, 5) is 4.14. The lowest BCUT2D eigenvalue weighted by Gasteiger charge is -2.39. The SMILES string of the molecule is CC1(Nc2nc(N)c(Cl)cc2Cl)CCC1. The van der Waals surface area contributed by atoms with Crippen molar-refractivity contribution < 1.29 is 0 Å². The third kappa shape index (κ3) is 2.13. The standard InChI is InChI=1S/C10H13Cl2N3/c1-10(3-2-4-10)15-9-7(12)5-6(11)8(13)14-9/h5H,2-4H2,1H3,(H3,13,14,15).